The van der Waals surface area contributed by atoms with Crippen LogP contribution in [0, 0.1) is 0 Å². The van der Waals surface area contributed by atoms with E-state index in [0.29, 0.717) is 18.8 Å². The van der Waals surface area contributed by atoms with Crippen LogP contribution in [0.4, 0.5) is 5.82 Å². The number of hydrogen-bond donors (Lipinski definition) is 1. The number of halogens is 1. The minimum Gasteiger partial charge on any atom is -0.373 e. The molecule has 21 heavy (non-hydrogen) atoms. The maximum atomic E-state index is 12.1. The van der Waals surface area contributed by atoms with Gasteiger partial charge < -0.3 is 10.1 Å². The van der Waals surface area contributed by atoms with E-state index in [0.717, 1.165) is 16.5 Å². The molecule has 4 nitrogen and oxygen atoms in total. The Labute approximate surface area is 131 Å². The monoisotopic (exact) mass is 346 g/mol. The summed E-state index contributed by atoms with van der Waals surface area (Å²) in [6.07, 6.45) is 2.68. The summed E-state index contributed by atoms with van der Waals surface area (Å²) in [5.74, 6) is 0.457. The standard InChI is InChI=1S/C16H15BrN2O2/c17-12-5-6-15(18-10-12)19-16(20)9-14-13-4-2-1-3-11(13)7-8-21-14/h1-6,10,14H,7-9H2,(H,18,19,20). The minimum atomic E-state index is -0.176. The number of nitrogens with one attached hydrogen (secondary N) is 1. The van der Waals surface area contributed by atoms with Crippen molar-refractivity contribution in [3.8, 4) is 0 Å². The molecule has 1 aromatic carbocycles. The Balaban J connectivity index is 1.67. The third-order valence-corrected chi connectivity index (χ3v) is 3.93. The molecule has 5 heteroatoms. The highest BCUT2D eigenvalue weighted by Crippen LogP contribution is 2.29. The van der Waals surface area contributed by atoms with Gasteiger partial charge in [-0.3, -0.25) is 4.79 Å². The molecule has 0 saturated heterocycles. The van der Waals surface area contributed by atoms with Crippen molar-refractivity contribution in [1.82, 2.24) is 4.98 Å². The number of hydrogen-bond acceptors (Lipinski definition) is 3. The van der Waals surface area contributed by atoms with E-state index in [1.54, 1.807) is 12.3 Å². The zero-order chi connectivity index (χ0) is 14.7. The van der Waals surface area contributed by atoms with Gasteiger partial charge in [0.1, 0.15) is 5.82 Å². The van der Waals surface area contributed by atoms with Crippen LogP contribution in [0.2, 0.25) is 0 Å². The van der Waals surface area contributed by atoms with Crippen molar-refractivity contribution in [2.24, 2.45) is 0 Å². The predicted molar refractivity (Wildman–Crippen MR) is 84.0 cm³/mol. The van der Waals surface area contributed by atoms with Gasteiger partial charge in [-0.25, -0.2) is 4.98 Å². The number of carbonyl (C=O) groups is 1. The molecule has 1 aromatic heterocycles. The van der Waals surface area contributed by atoms with Crippen molar-refractivity contribution in [1.29, 1.82) is 0 Å². The number of amides is 1. The average Bonchev–Trinajstić information content (AvgIpc) is 2.50. The van der Waals surface area contributed by atoms with Crippen LogP contribution in [-0.4, -0.2) is 17.5 Å². The molecular weight excluding hydrogens is 332 g/mol. The fraction of sp³-hybridized carbons (Fsp3) is 0.250. The van der Waals surface area contributed by atoms with Crippen LogP contribution in [0.5, 0.6) is 0 Å². The number of benzene rings is 1. The molecule has 0 fully saturated rings. The zero-order valence-corrected chi connectivity index (χ0v) is 13.0. The van der Waals surface area contributed by atoms with Crippen molar-refractivity contribution in [2.45, 2.75) is 18.9 Å². The Morgan fingerprint density at radius 1 is 1.33 bits per heavy atom. The number of ether oxygens (including phenoxy) is 1. The minimum absolute atomic E-state index is 0.0912. The van der Waals surface area contributed by atoms with Gasteiger partial charge in [0.15, 0.2) is 0 Å². The largest absolute Gasteiger partial charge is 0.373 e. The smallest absolute Gasteiger partial charge is 0.228 e. The fourth-order valence-corrected chi connectivity index (χ4v) is 2.69. The van der Waals surface area contributed by atoms with Gasteiger partial charge in [0.05, 0.1) is 19.1 Å². The van der Waals surface area contributed by atoms with Gasteiger partial charge in [-0.05, 0) is 45.6 Å². The molecule has 1 atom stereocenters. The summed E-state index contributed by atoms with van der Waals surface area (Å²) >= 11 is 3.31. The van der Waals surface area contributed by atoms with Crippen LogP contribution in [0.15, 0.2) is 47.1 Å². The van der Waals surface area contributed by atoms with Crippen molar-refractivity contribution in [3.05, 3.63) is 58.2 Å². The van der Waals surface area contributed by atoms with Gasteiger partial charge in [0.25, 0.3) is 0 Å². The summed E-state index contributed by atoms with van der Waals surface area (Å²) in [5.41, 5.74) is 2.38. The van der Waals surface area contributed by atoms with E-state index < -0.39 is 0 Å². The molecule has 0 bridgehead atoms. The SMILES string of the molecule is O=C(CC1OCCc2ccccc21)Nc1ccc(Br)cn1. The van der Waals surface area contributed by atoms with E-state index in [9.17, 15) is 4.79 Å². The number of nitrogens with zero attached hydrogens (tertiary/aromatic N) is 1. The van der Waals surface area contributed by atoms with Crippen molar-refractivity contribution in [2.75, 3.05) is 11.9 Å². The van der Waals surface area contributed by atoms with Crippen LogP contribution in [0.25, 0.3) is 0 Å². The van der Waals surface area contributed by atoms with Crippen LogP contribution >= 0.6 is 15.9 Å². The third-order valence-electron chi connectivity index (χ3n) is 3.46. The van der Waals surface area contributed by atoms with Crippen LogP contribution < -0.4 is 5.32 Å². The molecular formula is C16H15BrN2O2. The summed E-state index contributed by atoms with van der Waals surface area (Å²) in [7, 11) is 0. The van der Waals surface area contributed by atoms with Crippen molar-refractivity contribution >= 4 is 27.7 Å². The summed E-state index contributed by atoms with van der Waals surface area (Å²) < 4.78 is 6.62. The maximum absolute atomic E-state index is 12.1. The molecule has 108 valence electrons. The Hall–Kier alpha value is -1.72. The number of rotatable bonds is 3. The normalized spacial score (nSPS) is 17.1. The topological polar surface area (TPSA) is 51.2 Å². The lowest BCUT2D eigenvalue weighted by Gasteiger charge is -2.25. The number of aromatic nitrogens is 1. The fourth-order valence-electron chi connectivity index (χ4n) is 2.46. The lowest BCUT2D eigenvalue weighted by atomic mass is 9.96. The van der Waals surface area contributed by atoms with Crippen LogP contribution in [0.3, 0.4) is 0 Å². The van der Waals surface area contributed by atoms with E-state index in [1.807, 2.05) is 24.3 Å². The van der Waals surface area contributed by atoms with Gasteiger partial charge in [0, 0.05) is 10.7 Å². The van der Waals surface area contributed by atoms with Gasteiger partial charge in [-0.2, -0.15) is 0 Å². The van der Waals surface area contributed by atoms with E-state index in [-0.39, 0.29) is 12.0 Å². The Morgan fingerprint density at radius 3 is 3.00 bits per heavy atom. The number of fused-ring (bicyclic) bond motifs is 1. The number of carbonyl (C=O) groups excluding carboxylic acids is 1. The highest BCUT2D eigenvalue weighted by atomic mass is 79.9. The van der Waals surface area contributed by atoms with E-state index >= 15 is 0 Å². The van der Waals surface area contributed by atoms with Gasteiger partial charge in [0.2, 0.25) is 5.91 Å². The highest BCUT2D eigenvalue weighted by Gasteiger charge is 2.23. The van der Waals surface area contributed by atoms with Crippen molar-refractivity contribution < 1.29 is 9.53 Å². The third kappa shape index (κ3) is 3.49. The first-order chi connectivity index (χ1) is 10.2. The lowest BCUT2D eigenvalue weighted by molar-refractivity contribution is -0.119. The Bertz CT molecular complexity index is 643. The molecule has 1 N–H and O–H groups in total. The second kappa shape index (κ2) is 6.37. The Kier molecular flexibility index (Phi) is 4.31. The van der Waals surface area contributed by atoms with Crippen LogP contribution in [0.1, 0.15) is 23.7 Å². The van der Waals surface area contributed by atoms with Crippen LogP contribution in [-0.2, 0) is 16.0 Å². The first-order valence-electron chi connectivity index (χ1n) is 6.83. The molecule has 0 radical (unpaired) electrons. The first kappa shape index (κ1) is 14.2. The number of pyridine rings is 1. The zero-order valence-electron chi connectivity index (χ0n) is 11.4. The summed E-state index contributed by atoms with van der Waals surface area (Å²) in [4.78, 5) is 16.3. The molecule has 1 aliphatic rings. The van der Waals surface area contributed by atoms with E-state index in [1.165, 1.54) is 5.56 Å². The lowest BCUT2D eigenvalue weighted by Crippen LogP contribution is -2.22. The summed E-state index contributed by atoms with van der Waals surface area (Å²) in [6, 6.07) is 11.7. The summed E-state index contributed by atoms with van der Waals surface area (Å²) in [6.45, 7) is 0.658. The van der Waals surface area contributed by atoms with Gasteiger partial charge in [-0.15, -0.1) is 0 Å². The second-order valence-electron chi connectivity index (χ2n) is 4.92. The van der Waals surface area contributed by atoms with E-state index in [2.05, 4.69) is 32.3 Å². The molecule has 0 spiro atoms. The van der Waals surface area contributed by atoms with Crippen molar-refractivity contribution in [3.63, 3.8) is 0 Å². The second-order valence-corrected chi connectivity index (χ2v) is 5.84. The average molecular weight is 347 g/mol. The molecule has 3 rings (SSSR count). The predicted octanol–water partition coefficient (Wildman–Crippen LogP) is 3.49. The Morgan fingerprint density at radius 2 is 2.19 bits per heavy atom. The quantitative estimate of drug-likeness (QED) is 0.925. The maximum Gasteiger partial charge on any atom is 0.228 e. The molecule has 1 amide bonds. The highest BCUT2D eigenvalue weighted by molar-refractivity contribution is 9.10. The summed E-state index contributed by atoms with van der Waals surface area (Å²) in [5, 5.41) is 2.80. The van der Waals surface area contributed by atoms with E-state index in [4.69, 9.17) is 4.74 Å². The number of anilines is 1. The van der Waals surface area contributed by atoms with Gasteiger partial charge in [-0.1, -0.05) is 24.3 Å². The first-order valence-corrected chi connectivity index (χ1v) is 7.62. The van der Waals surface area contributed by atoms with Gasteiger partial charge >= 0.3 is 0 Å². The molecule has 1 aliphatic heterocycles. The molecule has 0 aliphatic carbocycles. The molecule has 2 aromatic rings. The molecule has 1 unspecified atom stereocenters. The molecule has 0 saturated carbocycles. The molecule has 2 heterocycles.